The van der Waals surface area contributed by atoms with Crippen molar-refractivity contribution in [2.24, 2.45) is 0 Å². The minimum atomic E-state index is -0.168. The first-order valence-corrected chi connectivity index (χ1v) is 24.8. The van der Waals surface area contributed by atoms with E-state index in [1.165, 1.54) is 0 Å². The van der Waals surface area contributed by atoms with E-state index in [9.17, 15) is 19.2 Å². The van der Waals surface area contributed by atoms with E-state index in [1.54, 1.807) is 0 Å². The van der Waals surface area contributed by atoms with Gasteiger partial charge in [0.15, 0.2) is 0 Å². The number of amides is 4. The van der Waals surface area contributed by atoms with Gasteiger partial charge in [-0.15, -0.1) is 0 Å². The number of nitrogens with one attached hydrogen (secondary N) is 4. The third-order valence-corrected chi connectivity index (χ3v) is 13.3. The molecule has 0 bridgehead atoms. The molecule has 0 radical (unpaired) electrons. The number of anilines is 2. The van der Waals surface area contributed by atoms with Gasteiger partial charge >= 0.3 is 0 Å². The number of benzene rings is 9. The fraction of sp³-hybridized carbons (Fsp3) is 0.156. The van der Waals surface area contributed by atoms with Crippen molar-refractivity contribution in [3.63, 3.8) is 0 Å². The molecule has 9 rings (SSSR count). The lowest BCUT2D eigenvalue weighted by atomic mass is 9.87. The van der Waals surface area contributed by atoms with Crippen LogP contribution >= 0.6 is 0 Å². The zero-order valence-corrected chi connectivity index (χ0v) is 41.1. The van der Waals surface area contributed by atoms with Gasteiger partial charge in [0.2, 0.25) is 11.8 Å². The molecule has 72 heavy (non-hydrogen) atoms. The van der Waals surface area contributed by atoms with Gasteiger partial charge in [-0.05, 0) is 117 Å². The molecule has 0 aliphatic heterocycles. The van der Waals surface area contributed by atoms with Gasteiger partial charge in [0, 0.05) is 35.1 Å². The normalized spacial score (nSPS) is 11.9. The summed E-state index contributed by atoms with van der Waals surface area (Å²) in [4.78, 5) is 54.8. The highest BCUT2D eigenvalue weighted by Crippen LogP contribution is 2.48. The molecule has 2 atom stereocenters. The summed E-state index contributed by atoms with van der Waals surface area (Å²) in [5.74, 6) is -0.656. The molecule has 0 aromatic heterocycles. The molecule has 0 aliphatic rings. The van der Waals surface area contributed by atoms with Crippen LogP contribution in [0.4, 0.5) is 11.4 Å². The molecule has 0 saturated carbocycles. The first-order valence-electron chi connectivity index (χ1n) is 24.8. The molecular weight excluding hydrogens is 889 g/mol. The summed E-state index contributed by atoms with van der Waals surface area (Å²) in [7, 11) is 0. The van der Waals surface area contributed by atoms with Gasteiger partial charge < -0.3 is 21.3 Å². The van der Waals surface area contributed by atoms with E-state index in [2.05, 4.69) is 69.8 Å². The van der Waals surface area contributed by atoms with E-state index in [-0.39, 0.29) is 48.6 Å². The van der Waals surface area contributed by atoms with Crippen LogP contribution in [0.3, 0.4) is 0 Å². The van der Waals surface area contributed by atoms with E-state index in [0.29, 0.717) is 35.3 Å². The molecule has 9 aromatic carbocycles. The van der Waals surface area contributed by atoms with Gasteiger partial charge in [0.1, 0.15) is 0 Å². The Labute approximate surface area is 421 Å². The van der Waals surface area contributed by atoms with Crippen molar-refractivity contribution in [1.82, 2.24) is 10.6 Å². The van der Waals surface area contributed by atoms with Crippen molar-refractivity contribution in [1.29, 1.82) is 0 Å². The molecule has 0 fully saturated rings. The first-order chi connectivity index (χ1) is 35.1. The van der Waals surface area contributed by atoms with E-state index in [4.69, 9.17) is 0 Å². The van der Waals surface area contributed by atoms with Crippen LogP contribution in [0.5, 0.6) is 0 Å². The summed E-state index contributed by atoms with van der Waals surface area (Å²) in [6.45, 7) is 7.89. The van der Waals surface area contributed by atoms with Crippen LogP contribution in [0.2, 0.25) is 0 Å². The molecule has 4 N–H and O–H groups in total. The maximum atomic E-state index is 14.0. The van der Waals surface area contributed by atoms with Crippen LogP contribution in [0.25, 0.3) is 66.1 Å². The van der Waals surface area contributed by atoms with Gasteiger partial charge in [-0.3, -0.25) is 19.2 Å². The molecule has 0 spiro atoms. The molecule has 8 heteroatoms. The van der Waals surface area contributed by atoms with Gasteiger partial charge in [-0.1, -0.05) is 184 Å². The predicted molar refractivity (Wildman–Crippen MR) is 295 cm³/mol. The van der Waals surface area contributed by atoms with Gasteiger partial charge in [-0.25, -0.2) is 0 Å². The topological polar surface area (TPSA) is 116 Å². The maximum Gasteiger partial charge on any atom is 0.251 e. The van der Waals surface area contributed by atoms with Crippen molar-refractivity contribution in [3.8, 4) is 44.5 Å². The highest BCUT2D eigenvalue weighted by molar-refractivity contribution is 6.17. The number of hydrogen-bond donors (Lipinski definition) is 4. The third-order valence-electron chi connectivity index (χ3n) is 13.3. The Hall–Kier alpha value is -8.62. The molecule has 0 saturated heterocycles. The second-order valence-electron chi connectivity index (χ2n) is 18.3. The lowest BCUT2D eigenvalue weighted by molar-refractivity contribution is -0.117. The van der Waals surface area contributed by atoms with Crippen molar-refractivity contribution >= 4 is 56.5 Å². The fourth-order valence-corrected chi connectivity index (χ4v) is 9.59. The second kappa shape index (κ2) is 22.0. The molecule has 9 aromatic rings. The molecular formula is C64H58N4O4. The molecule has 8 nitrogen and oxygen atoms in total. The Morgan fingerprint density at radius 2 is 0.722 bits per heavy atom. The van der Waals surface area contributed by atoms with E-state index in [1.807, 2.05) is 173 Å². The number of carbonyl (C=O) groups is 4. The zero-order valence-electron chi connectivity index (χ0n) is 41.1. The largest absolute Gasteiger partial charge is 0.346 e. The summed E-state index contributed by atoms with van der Waals surface area (Å²) in [6.07, 6.45) is 1.84. The van der Waals surface area contributed by atoms with Crippen LogP contribution in [0, 0.1) is 0 Å². The highest BCUT2D eigenvalue weighted by Gasteiger charge is 2.24. The van der Waals surface area contributed by atoms with E-state index in [0.717, 1.165) is 77.2 Å². The predicted octanol–water partition coefficient (Wildman–Crippen LogP) is 15.1. The summed E-state index contributed by atoms with van der Waals surface area (Å²) < 4.78 is 0. The number of fused-ring (bicyclic) bond motifs is 2. The summed E-state index contributed by atoms with van der Waals surface area (Å²) in [6, 6.07) is 63.5. The third kappa shape index (κ3) is 10.4. The standard InChI is InChI=1S/C64H58N4O4/c1-5-17-57(69)67-61-55(53-29-15-25-47-23-13-27-51(59(47)53)45-31-35-49(36-32-45)63(71)65-41(3)43-19-9-7-10-20-43)39-40-56(62(61)68-58(70)18-6-2)54-30-16-26-48-24-14-28-52(60(48)54)46-33-37-50(38-34-46)64(72)66-42(4)44-21-11-8-12-22-44/h7-16,19-42H,5-6,17-18H2,1-4H3,(H,65,71)(H,66,72)(H,67,69)(H,68,70)/t41-,42?/m1/s1. The SMILES string of the molecule is CCCC(=O)Nc1c(-c2cccc3cccc(-c4ccc(C(=O)NC(C)c5ccccc5)cc4)c23)ccc(-c2cccc3cccc(-c4ccc(C(=O)N[C@H](C)c5ccccc5)cc4)c23)c1NC(=O)CCC. The fourth-order valence-electron chi connectivity index (χ4n) is 9.59. The molecule has 0 heterocycles. The van der Waals surface area contributed by atoms with Crippen molar-refractivity contribution in [2.75, 3.05) is 10.6 Å². The summed E-state index contributed by atoms with van der Waals surface area (Å²) >= 11 is 0. The van der Waals surface area contributed by atoms with Gasteiger partial charge in [0.05, 0.1) is 23.5 Å². The minimum Gasteiger partial charge on any atom is -0.346 e. The first kappa shape index (κ1) is 48.4. The van der Waals surface area contributed by atoms with Crippen molar-refractivity contribution in [2.45, 2.75) is 65.5 Å². The summed E-state index contributed by atoms with van der Waals surface area (Å²) in [5.41, 5.74) is 11.1. The maximum absolute atomic E-state index is 14.0. The molecule has 0 aliphatic carbocycles. The highest BCUT2D eigenvalue weighted by atomic mass is 16.2. The average Bonchev–Trinajstić information content (AvgIpc) is 3.41. The number of carbonyl (C=O) groups excluding carboxylic acids is 4. The molecule has 358 valence electrons. The Morgan fingerprint density at radius 3 is 1.07 bits per heavy atom. The van der Waals surface area contributed by atoms with Crippen LogP contribution in [-0.2, 0) is 9.59 Å². The van der Waals surface area contributed by atoms with E-state index < -0.39 is 0 Å². The smallest absolute Gasteiger partial charge is 0.251 e. The Kier molecular flexibility index (Phi) is 14.8. The monoisotopic (exact) mass is 946 g/mol. The summed E-state index contributed by atoms with van der Waals surface area (Å²) in [5, 5.41) is 16.8. The number of hydrogen-bond acceptors (Lipinski definition) is 4. The van der Waals surface area contributed by atoms with Crippen LogP contribution in [-0.4, -0.2) is 23.6 Å². The van der Waals surface area contributed by atoms with Crippen LogP contribution in [0.1, 0.15) is 97.3 Å². The average molecular weight is 947 g/mol. The lowest BCUT2D eigenvalue weighted by Crippen LogP contribution is -2.26. The zero-order chi connectivity index (χ0) is 50.1. The van der Waals surface area contributed by atoms with Crippen molar-refractivity contribution in [3.05, 3.63) is 216 Å². The van der Waals surface area contributed by atoms with Crippen LogP contribution in [0.15, 0.2) is 194 Å². The Bertz CT molecular complexity index is 3180. The van der Waals surface area contributed by atoms with Crippen molar-refractivity contribution < 1.29 is 19.2 Å². The minimum absolute atomic E-state index is 0.160. The van der Waals surface area contributed by atoms with Gasteiger partial charge in [-0.2, -0.15) is 0 Å². The van der Waals surface area contributed by atoms with E-state index >= 15 is 0 Å². The lowest BCUT2D eigenvalue weighted by Gasteiger charge is -2.23. The number of rotatable bonds is 16. The van der Waals surface area contributed by atoms with Gasteiger partial charge in [0.25, 0.3) is 11.8 Å². The Balaban J connectivity index is 1.15. The Morgan fingerprint density at radius 1 is 0.375 bits per heavy atom. The molecule has 1 unspecified atom stereocenters. The second-order valence-corrected chi connectivity index (χ2v) is 18.3. The quantitative estimate of drug-likeness (QED) is 0.0772. The van der Waals surface area contributed by atoms with Crippen LogP contribution < -0.4 is 21.3 Å². The molecule has 4 amide bonds.